The fourth-order valence-corrected chi connectivity index (χ4v) is 2.70. The highest BCUT2D eigenvalue weighted by Crippen LogP contribution is 2.25. The number of hydrogen-bond acceptors (Lipinski definition) is 3. The normalized spacial score (nSPS) is 14.9. The molecule has 0 saturated carbocycles. The maximum absolute atomic E-state index is 6.04. The molecule has 1 atom stereocenters. The van der Waals surface area contributed by atoms with Crippen molar-refractivity contribution in [2.24, 2.45) is 11.7 Å². The molecule has 1 aromatic rings. The average molecular weight is 329 g/mol. The summed E-state index contributed by atoms with van der Waals surface area (Å²) in [6.45, 7) is 6.50. The lowest BCUT2D eigenvalue weighted by Crippen LogP contribution is -2.58. The van der Waals surface area contributed by atoms with E-state index in [1.54, 1.807) is 7.11 Å². The molecule has 0 bridgehead atoms. The largest absolute Gasteiger partial charge is 0.383 e. The summed E-state index contributed by atoms with van der Waals surface area (Å²) in [6.07, 6.45) is 0. The summed E-state index contributed by atoms with van der Waals surface area (Å²) in [6, 6.07) is 8.40. The summed E-state index contributed by atoms with van der Waals surface area (Å²) < 4.78 is 6.51. The third-order valence-electron chi connectivity index (χ3n) is 3.92. The first kappa shape index (κ1) is 16.6. The highest BCUT2D eigenvalue weighted by atomic mass is 79.9. The van der Waals surface area contributed by atoms with Crippen LogP contribution in [0.5, 0.6) is 0 Å². The highest BCUT2D eigenvalue weighted by Gasteiger charge is 2.36. The van der Waals surface area contributed by atoms with E-state index in [2.05, 4.69) is 66.0 Å². The Kier molecular flexibility index (Phi) is 6.47. The molecule has 0 aliphatic carbocycles. The molecule has 1 rings (SSSR count). The van der Waals surface area contributed by atoms with Crippen LogP contribution in [0, 0.1) is 5.92 Å². The van der Waals surface area contributed by atoms with E-state index in [4.69, 9.17) is 10.5 Å². The zero-order chi connectivity index (χ0) is 14.5. The molecule has 108 valence electrons. The van der Waals surface area contributed by atoms with Crippen molar-refractivity contribution in [3.05, 3.63) is 34.3 Å². The first-order valence-corrected chi connectivity index (χ1v) is 7.40. The van der Waals surface area contributed by atoms with E-state index in [1.165, 1.54) is 5.56 Å². The van der Waals surface area contributed by atoms with Crippen LogP contribution < -0.4 is 5.73 Å². The number of methoxy groups -OCH3 is 1. The van der Waals surface area contributed by atoms with Gasteiger partial charge in [-0.05, 0) is 30.7 Å². The molecule has 4 heteroatoms. The van der Waals surface area contributed by atoms with Crippen molar-refractivity contribution in [1.82, 2.24) is 4.90 Å². The Balaban J connectivity index is 2.87. The SMILES string of the molecule is COCC(CN)(C(C)C)N(C)Cc1ccc(Br)cc1. The van der Waals surface area contributed by atoms with E-state index in [9.17, 15) is 0 Å². The molecule has 0 aliphatic heterocycles. The second-order valence-corrected chi connectivity index (χ2v) is 6.29. The van der Waals surface area contributed by atoms with Gasteiger partial charge in [-0.15, -0.1) is 0 Å². The maximum Gasteiger partial charge on any atom is 0.0661 e. The van der Waals surface area contributed by atoms with Crippen molar-refractivity contribution < 1.29 is 4.74 Å². The van der Waals surface area contributed by atoms with Crippen molar-refractivity contribution in [1.29, 1.82) is 0 Å². The summed E-state index contributed by atoms with van der Waals surface area (Å²) in [5.74, 6) is 0.429. The number of hydrogen-bond donors (Lipinski definition) is 1. The van der Waals surface area contributed by atoms with E-state index in [-0.39, 0.29) is 5.54 Å². The van der Waals surface area contributed by atoms with Gasteiger partial charge < -0.3 is 10.5 Å². The lowest BCUT2D eigenvalue weighted by Gasteiger charge is -2.44. The monoisotopic (exact) mass is 328 g/mol. The van der Waals surface area contributed by atoms with Crippen LogP contribution in [0.25, 0.3) is 0 Å². The minimum Gasteiger partial charge on any atom is -0.383 e. The predicted octanol–water partition coefficient (Wildman–Crippen LogP) is 2.88. The number of benzene rings is 1. The van der Waals surface area contributed by atoms with Gasteiger partial charge in [-0.3, -0.25) is 4.90 Å². The second kappa shape index (κ2) is 7.39. The highest BCUT2D eigenvalue weighted by molar-refractivity contribution is 9.10. The van der Waals surface area contributed by atoms with Crippen LogP contribution in [-0.4, -0.2) is 37.7 Å². The first-order valence-electron chi connectivity index (χ1n) is 6.61. The molecule has 0 saturated heterocycles. The molecule has 0 aromatic heterocycles. The van der Waals surface area contributed by atoms with Gasteiger partial charge in [0.1, 0.15) is 0 Å². The Morgan fingerprint density at radius 1 is 1.32 bits per heavy atom. The van der Waals surface area contributed by atoms with E-state index in [1.807, 2.05) is 0 Å². The van der Waals surface area contributed by atoms with E-state index >= 15 is 0 Å². The van der Waals surface area contributed by atoms with Crippen molar-refractivity contribution >= 4 is 15.9 Å². The van der Waals surface area contributed by atoms with E-state index in [0.717, 1.165) is 11.0 Å². The minimum absolute atomic E-state index is 0.123. The predicted molar refractivity (Wildman–Crippen MR) is 84.1 cm³/mol. The van der Waals surface area contributed by atoms with Gasteiger partial charge in [0, 0.05) is 24.7 Å². The topological polar surface area (TPSA) is 38.5 Å². The fraction of sp³-hybridized carbons (Fsp3) is 0.600. The lowest BCUT2D eigenvalue weighted by atomic mass is 9.85. The number of nitrogens with two attached hydrogens (primary N) is 1. The van der Waals surface area contributed by atoms with Gasteiger partial charge in [-0.1, -0.05) is 41.9 Å². The van der Waals surface area contributed by atoms with Crippen LogP contribution in [0.4, 0.5) is 0 Å². The van der Waals surface area contributed by atoms with Gasteiger partial charge in [0.25, 0.3) is 0 Å². The Labute approximate surface area is 125 Å². The molecule has 0 amide bonds. The quantitative estimate of drug-likeness (QED) is 0.836. The molecular formula is C15H25BrN2O. The first-order chi connectivity index (χ1) is 8.96. The Morgan fingerprint density at radius 2 is 1.89 bits per heavy atom. The summed E-state index contributed by atoms with van der Waals surface area (Å²) >= 11 is 3.46. The van der Waals surface area contributed by atoms with Gasteiger partial charge in [0.05, 0.1) is 12.1 Å². The molecule has 3 nitrogen and oxygen atoms in total. The second-order valence-electron chi connectivity index (χ2n) is 5.38. The molecular weight excluding hydrogens is 304 g/mol. The van der Waals surface area contributed by atoms with Gasteiger partial charge in [0.15, 0.2) is 0 Å². The zero-order valence-corrected chi connectivity index (χ0v) is 13.9. The lowest BCUT2D eigenvalue weighted by molar-refractivity contribution is -0.00555. The maximum atomic E-state index is 6.04. The van der Waals surface area contributed by atoms with Gasteiger partial charge in [-0.25, -0.2) is 0 Å². The minimum atomic E-state index is -0.123. The standard InChI is InChI=1S/C15H25BrN2O/c1-12(2)15(10-17,11-19-4)18(3)9-13-5-7-14(16)8-6-13/h5-8,12H,9-11,17H2,1-4H3. The van der Waals surface area contributed by atoms with Crippen LogP contribution >= 0.6 is 15.9 Å². The molecule has 0 radical (unpaired) electrons. The number of nitrogens with zero attached hydrogens (tertiary/aromatic N) is 1. The van der Waals surface area contributed by atoms with Crippen molar-refractivity contribution in [3.8, 4) is 0 Å². The Bertz CT molecular complexity index is 380. The molecule has 0 fully saturated rings. The smallest absolute Gasteiger partial charge is 0.0661 e. The van der Waals surface area contributed by atoms with Crippen LogP contribution in [0.3, 0.4) is 0 Å². The molecule has 0 aliphatic rings. The summed E-state index contributed by atoms with van der Waals surface area (Å²) in [5.41, 5.74) is 7.20. The molecule has 1 unspecified atom stereocenters. The molecule has 0 spiro atoms. The zero-order valence-electron chi connectivity index (χ0n) is 12.3. The van der Waals surface area contributed by atoms with Crippen LogP contribution in [0.2, 0.25) is 0 Å². The number of ether oxygens (including phenoxy) is 1. The molecule has 2 N–H and O–H groups in total. The summed E-state index contributed by atoms with van der Waals surface area (Å²) in [4.78, 5) is 2.31. The van der Waals surface area contributed by atoms with Crippen molar-refractivity contribution in [2.75, 3.05) is 27.3 Å². The fourth-order valence-electron chi connectivity index (χ4n) is 2.44. The van der Waals surface area contributed by atoms with E-state index in [0.29, 0.717) is 19.1 Å². The van der Waals surface area contributed by atoms with E-state index < -0.39 is 0 Å². The van der Waals surface area contributed by atoms with Gasteiger partial charge in [-0.2, -0.15) is 0 Å². The van der Waals surface area contributed by atoms with Crippen molar-refractivity contribution in [2.45, 2.75) is 25.9 Å². The Morgan fingerprint density at radius 3 is 2.32 bits per heavy atom. The van der Waals surface area contributed by atoms with Crippen LogP contribution in [0.15, 0.2) is 28.7 Å². The number of rotatable bonds is 7. The van der Waals surface area contributed by atoms with Crippen LogP contribution in [-0.2, 0) is 11.3 Å². The summed E-state index contributed by atoms with van der Waals surface area (Å²) in [7, 11) is 3.86. The molecule has 1 aromatic carbocycles. The third kappa shape index (κ3) is 4.02. The van der Waals surface area contributed by atoms with Gasteiger partial charge in [0.2, 0.25) is 0 Å². The Hall–Kier alpha value is -0.420. The number of halogens is 1. The van der Waals surface area contributed by atoms with Gasteiger partial charge >= 0.3 is 0 Å². The molecule has 19 heavy (non-hydrogen) atoms. The summed E-state index contributed by atoms with van der Waals surface area (Å²) in [5, 5.41) is 0. The van der Waals surface area contributed by atoms with Crippen molar-refractivity contribution in [3.63, 3.8) is 0 Å². The molecule has 0 heterocycles. The average Bonchev–Trinajstić information content (AvgIpc) is 2.38. The number of likely N-dealkylation sites (N-methyl/N-ethyl adjacent to an activating group) is 1. The van der Waals surface area contributed by atoms with Crippen LogP contribution in [0.1, 0.15) is 19.4 Å². The third-order valence-corrected chi connectivity index (χ3v) is 4.44.